The lowest BCUT2D eigenvalue weighted by Gasteiger charge is -2.22. The Kier molecular flexibility index (Phi) is 6.37. The van der Waals surface area contributed by atoms with Gasteiger partial charge in [0.25, 0.3) is 0 Å². The smallest absolute Gasteiger partial charge is 0.243 e. The van der Waals surface area contributed by atoms with E-state index in [0.29, 0.717) is 6.54 Å². The van der Waals surface area contributed by atoms with Gasteiger partial charge in [0.05, 0.1) is 13.0 Å². The van der Waals surface area contributed by atoms with Gasteiger partial charge in [-0.25, -0.2) is 0 Å². The van der Waals surface area contributed by atoms with E-state index >= 15 is 0 Å². The molecule has 1 aromatic heterocycles. The van der Waals surface area contributed by atoms with Crippen molar-refractivity contribution in [1.82, 2.24) is 15.2 Å². The minimum Gasteiger partial charge on any atom is -0.350 e. The van der Waals surface area contributed by atoms with Gasteiger partial charge in [-0.3, -0.25) is 9.59 Å². The number of carbonyl (C=O) groups is 2. The van der Waals surface area contributed by atoms with Crippen molar-refractivity contribution in [1.29, 1.82) is 0 Å². The molecule has 3 rings (SSSR count). The van der Waals surface area contributed by atoms with E-state index in [4.69, 9.17) is 0 Å². The summed E-state index contributed by atoms with van der Waals surface area (Å²) in [7, 11) is 1.97. The quantitative estimate of drug-likeness (QED) is 0.648. The summed E-state index contributed by atoms with van der Waals surface area (Å²) < 4.78 is 2.05. The summed E-state index contributed by atoms with van der Waals surface area (Å²) in [6.07, 6.45) is 0.245. The van der Waals surface area contributed by atoms with Crippen molar-refractivity contribution in [3.8, 4) is 0 Å². The number of rotatable bonds is 7. The van der Waals surface area contributed by atoms with E-state index in [1.165, 1.54) is 0 Å². The Morgan fingerprint density at radius 1 is 1.00 bits per heavy atom. The average molecular weight is 392 g/mol. The summed E-state index contributed by atoms with van der Waals surface area (Å²) in [5.41, 5.74) is 3.13. The second-order valence-corrected chi connectivity index (χ2v) is 7.85. The Morgan fingerprint density at radius 3 is 2.41 bits per heavy atom. The maximum Gasteiger partial charge on any atom is 0.243 e. The van der Waals surface area contributed by atoms with Crippen LogP contribution in [0.15, 0.2) is 54.6 Å². The van der Waals surface area contributed by atoms with Crippen LogP contribution in [-0.4, -0.2) is 22.4 Å². The average Bonchev–Trinajstić information content (AvgIpc) is 3.02. The number of amides is 2. The zero-order valence-electron chi connectivity index (χ0n) is 17.5. The van der Waals surface area contributed by atoms with Gasteiger partial charge in [-0.2, -0.15) is 0 Å². The molecule has 0 aliphatic heterocycles. The first kappa shape index (κ1) is 20.6. The molecule has 0 unspecified atom stereocenters. The van der Waals surface area contributed by atoms with E-state index in [1.807, 2.05) is 87.0 Å². The van der Waals surface area contributed by atoms with Crippen LogP contribution in [0.5, 0.6) is 0 Å². The molecule has 1 heterocycles. The topological polar surface area (TPSA) is 63.1 Å². The molecule has 0 saturated heterocycles. The number of nitrogens with one attached hydrogen (secondary N) is 2. The van der Waals surface area contributed by atoms with Gasteiger partial charge in [-0.15, -0.1) is 0 Å². The molecule has 0 saturated carbocycles. The molecule has 5 nitrogen and oxygen atoms in total. The minimum atomic E-state index is -0.571. The highest BCUT2D eigenvalue weighted by Crippen LogP contribution is 2.19. The summed E-state index contributed by atoms with van der Waals surface area (Å²) in [6, 6.07) is 17.4. The number of benzene rings is 2. The van der Waals surface area contributed by atoms with E-state index < -0.39 is 6.04 Å². The van der Waals surface area contributed by atoms with Gasteiger partial charge in [0, 0.05) is 18.4 Å². The maximum absolute atomic E-state index is 12.7. The first-order valence-corrected chi connectivity index (χ1v) is 10.0. The Balaban J connectivity index is 1.65. The molecule has 0 fully saturated rings. The fourth-order valence-electron chi connectivity index (χ4n) is 3.51. The molecule has 0 bridgehead atoms. The van der Waals surface area contributed by atoms with E-state index in [0.717, 1.165) is 27.7 Å². The molecular formula is C24H29N3O2. The molecule has 2 amide bonds. The number of fused-ring (bicyclic) bond motifs is 1. The number of carbonyl (C=O) groups excluding carboxylic acids is 2. The Labute approximate surface area is 172 Å². The molecule has 2 N–H and O–H groups in total. The largest absolute Gasteiger partial charge is 0.350 e. The summed E-state index contributed by atoms with van der Waals surface area (Å²) >= 11 is 0. The van der Waals surface area contributed by atoms with Crippen molar-refractivity contribution in [3.63, 3.8) is 0 Å². The molecule has 0 radical (unpaired) electrons. The van der Waals surface area contributed by atoms with Gasteiger partial charge < -0.3 is 15.2 Å². The van der Waals surface area contributed by atoms with E-state index in [1.54, 1.807) is 0 Å². The van der Waals surface area contributed by atoms with E-state index in [9.17, 15) is 9.59 Å². The summed E-state index contributed by atoms with van der Waals surface area (Å²) in [5, 5.41) is 8.06. The standard InChI is InChI=1S/C24H29N3O2/c1-16(2)23(24(29)25-15-20-13-12-17(3)27(20)4)26-22(28)14-19-10-7-9-18-8-5-6-11-21(18)19/h5-13,16,23H,14-15H2,1-4H3,(H,25,29)(H,26,28)/t23-/m1/s1. The molecule has 152 valence electrons. The lowest BCUT2D eigenvalue weighted by Crippen LogP contribution is -2.50. The third-order valence-corrected chi connectivity index (χ3v) is 5.42. The summed E-state index contributed by atoms with van der Waals surface area (Å²) in [6.45, 7) is 6.34. The van der Waals surface area contributed by atoms with Crippen molar-refractivity contribution < 1.29 is 9.59 Å². The number of aromatic nitrogens is 1. The van der Waals surface area contributed by atoms with Gasteiger partial charge in [-0.1, -0.05) is 56.3 Å². The normalized spacial score (nSPS) is 12.2. The Morgan fingerprint density at radius 2 is 1.72 bits per heavy atom. The van der Waals surface area contributed by atoms with Crippen LogP contribution in [0.4, 0.5) is 0 Å². The Bertz CT molecular complexity index is 1010. The SMILES string of the molecule is Cc1ccc(CNC(=O)[C@H](NC(=O)Cc2cccc3ccccc23)C(C)C)n1C. The highest BCUT2D eigenvalue weighted by molar-refractivity contribution is 5.92. The molecule has 0 aliphatic carbocycles. The third kappa shape index (κ3) is 4.86. The van der Waals surface area contributed by atoms with Crippen molar-refractivity contribution >= 4 is 22.6 Å². The maximum atomic E-state index is 12.7. The first-order chi connectivity index (χ1) is 13.9. The number of nitrogens with zero attached hydrogens (tertiary/aromatic N) is 1. The van der Waals surface area contributed by atoms with Crippen molar-refractivity contribution in [2.45, 2.75) is 39.8 Å². The monoisotopic (exact) mass is 391 g/mol. The second-order valence-electron chi connectivity index (χ2n) is 7.85. The van der Waals surface area contributed by atoms with Gasteiger partial charge in [0.1, 0.15) is 6.04 Å². The van der Waals surface area contributed by atoms with Crippen molar-refractivity contribution in [3.05, 3.63) is 71.5 Å². The van der Waals surface area contributed by atoms with Crippen LogP contribution >= 0.6 is 0 Å². The molecule has 29 heavy (non-hydrogen) atoms. The molecule has 5 heteroatoms. The van der Waals surface area contributed by atoms with Crippen LogP contribution in [0, 0.1) is 12.8 Å². The van der Waals surface area contributed by atoms with Crippen LogP contribution in [0.25, 0.3) is 10.8 Å². The molecule has 0 aliphatic rings. The van der Waals surface area contributed by atoms with Crippen LogP contribution in [0.1, 0.15) is 30.8 Å². The third-order valence-electron chi connectivity index (χ3n) is 5.42. The number of aryl methyl sites for hydroxylation is 1. The van der Waals surface area contributed by atoms with E-state index in [-0.39, 0.29) is 24.2 Å². The van der Waals surface area contributed by atoms with Crippen molar-refractivity contribution in [2.75, 3.05) is 0 Å². The number of hydrogen-bond acceptors (Lipinski definition) is 2. The molecule has 0 spiro atoms. The van der Waals surface area contributed by atoms with Gasteiger partial charge >= 0.3 is 0 Å². The lowest BCUT2D eigenvalue weighted by atomic mass is 10.0. The van der Waals surface area contributed by atoms with Gasteiger partial charge in [0.15, 0.2) is 0 Å². The zero-order chi connectivity index (χ0) is 21.0. The molecule has 3 aromatic rings. The first-order valence-electron chi connectivity index (χ1n) is 10.0. The summed E-state index contributed by atoms with van der Waals surface area (Å²) in [5.74, 6) is -0.323. The highest BCUT2D eigenvalue weighted by atomic mass is 16.2. The van der Waals surface area contributed by atoms with Crippen LogP contribution in [-0.2, 0) is 29.6 Å². The van der Waals surface area contributed by atoms with Crippen molar-refractivity contribution in [2.24, 2.45) is 13.0 Å². The van der Waals surface area contributed by atoms with Crippen LogP contribution < -0.4 is 10.6 Å². The molecular weight excluding hydrogens is 362 g/mol. The predicted molar refractivity (Wildman–Crippen MR) is 116 cm³/mol. The Hall–Kier alpha value is -3.08. The fraction of sp³-hybridized carbons (Fsp3) is 0.333. The lowest BCUT2D eigenvalue weighted by molar-refractivity contribution is -0.129. The number of hydrogen-bond donors (Lipinski definition) is 2. The second kappa shape index (κ2) is 8.95. The van der Waals surface area contributed by atoms with Gasteiger partial charge in [0.2, 0.25) is 11.8 Å². The van der Waals surface area contributed by atoms with Crippen LogP contribution in [0.2, 0.25) is 0 Å². The fourth-order valence-corrected chi connectivity index (χ4v) is 3.51. The molecule has 2 aromatic carbocycles. The minimum absolute atomic E-state index is 0.0124. The van der Waals surface area contributed by atoms with Crippen LogP contribution in [0.3, 0.4) is 0 Å². The van der Waals surface area contributed by atoms with Gasteiger partial charge in [-0.05, 0) is 41.3 Å². The molecule has 1 atom stereocenters. The summed E-state index contributed by atoms with van der Waals surface area (Å²) in [4.78, 5) is 25.5. The highest BCUT2D eigenvalue weighted by Gasteiger charge is 2.24. The van der Waals surface area contributed by atoms with E-state index in [2.05, 4.69) is 10.6 Å². The predicted octanol–water partition coefficient (Wildman–Crippen LogP) is 3.49. The zero-order valence-corrected chi connectivity index (χ0v) is 17.5.